The van der Waals surface area contributed by atoms with Crippen LogP contribution in [0, 0.1) is 6.92 Å². The van der Waals surface area contributed by atoms with Crippen LogP contribution < -0.4 is 5.14 Å². The first kappa shape index (κ1) is 18.1. The van der Waals surface area contributed by atoms with Crippen LogP contribution in [0.1, 0.15) is 22.8 Å². The second-order valence-electron chi connectivity index (χ2n) is 4.55. The normalized spacial score (nSPS) is 11.5. The Labute approximate surface area is 133 Å². The number of rotatable bonds is 6. The minimum atomic E-state index is -3.87. The predicted octanol–water partition coefficient (Wildman–Crippen LogP) is 1.51. The third-order valence-electron chi connectivity index (χ3n) is 3.00. The summed E-state index contributed by atoms with van der Waals surface area (Å²) in [6.45, 7) is 5.03. The van der Waals surface area contributed by atoms with Crippen molar-refractivity contribution in [3.63, 3.8) is 0 Å². The molecule has 0 radical (unpaired) electrons. The van der Waals surface area contributed by atoms with E-state index < -0.39 is 10.0 Å². The number of nitrogens with two attached hydrogens (primary N) is 1. The zero-order valence-electron chi connectivity index (χ0n) is 12.2. The van der Waals surface area contributed by atoms with E-state index in [9.17, 15) is 13.2 Å². The highest BCUT2D eigenvalue weighted by molar-refractivity contribution is 9.10. The minimum absolute atomic E-state index is 0.0958. The number of nitrogens with zero attached hydrogens (tertiary/aromatic N) is 1. The molecule has 1 aromatic rings. The molecule has 0 fully saturated rings. The molecule has 0 aromatic heterocycles. The fourth-order valence-corrected chi connectivity index (χ4v) is 2.87. The highest BCUT2D eigenvalue weighted by Crippen LogP contribution is 2.25. The second-order valence-corrected chi connectivity index (χ2v) is 6.96. The maximum Gasteiger partial charge on any atom is 0.254 e. The molecule has 0 bridgehead atoms. The van der Waals surface area contributed by atoms with E-state index in [-0.39, 0.29) is 10.8 Å². The van der Waals surface area contributed by atoms with E-state index in [0.29, 0.717) is 35.4 Å². The first-order chi connectivity index (χ1) is 9.68. The summed E-state index contributed by atoms with van der Waals surface area (Å²) in [5, 5.41) is 5.13. The third-order valence-corrected chi connectivity index (χ3v) is 4.72. The van der Waals surface area contributed by atoms with Crippen molar-refractivity contribution in [1.29, 1.82) is 0 Å². The van der Waals surface area contributed by atoms with Crippen molar-refractivity contribution in [1.82, 2.24) is 4.90 Å². The molecule has 1 amide bonds. The zero-order valence-corrected chi connectivity index (χ0v) is 14.6. The zero-order chi connectivity index (χ0) is 16.2. The Bertz CT molecular complexity index is 631. The molecule has 0 spiro atoms. The number of sulfonamides is 1. The summed E-state index contributed by atoms with van der Waals surface area (Å²) in [6, 6.07) is 2.69. The van der Waals surface area contributed by atoms with Gasteiger partial charge in [-0.05, 0) is 31.5 Å². The van der Waals surface area contributed by atoms with E-state index in [1.54, 1.807) is 14.0 Å². The third kappa shape index (κ3) is 4.77. The van der Waals surface area contributed by atoms with Crippen molar-refractivity contribution in [2.24, 2.45) is 5.14 Å². The average Bonchev–Trinajstić information content (AvgIpc) is 2.39. The van der Waals surface area contributed by atoms with Crippen molar-refractivity contribution < 1.29 is 17.9 Å². The van der Waals surface area contributed by atoms with Gasteiger partial charge in [0.2, 0.25) is 10.0 Å². The lowest BCUT2D eigenvalue weighted by molar-refractivity contribution is 0.0709. The average molecular weight is 379 g/mol. The van der Waals surface area contributed by atoms with Crippen molar-refractivity contribution in [3.8, 4) is 0 Å². The quantitative estimate of drug-likeness (QED) is 0.759. The van der Waals surface area contributed by atoms with E-state index in [4.69, 9.17) is 9.88 Å². The molecule has 0 saturated heterocycles. The van der Waals surface area contributed by atoms with Crippen LogP contribution in [0.25, 0.3) is 0 Å². The van der Waals surface area contributed by atoms with Crippen LogP contribution >= 0.6 is 15.9 Å². The van der Waals surface area contributed by atoms with E-state index in [1.165, 1.54) is 17.0 Å². The number of halogens is 1. The summed E-state index contributed by atoms with van der Waals surface area (Å²) in [6.07, 6.45) is 0. The summed E-state index contributed by atoms with van der Waals surface area (Å²) in [7, 11) is -2.23. The van der Waals surface area contributed by atoms with E-state index in [2.05, 4.69) is 15.9 Å². The van der Waals surface area contributed by atoms with Gasteiger partial charge in [0.05, 0.1) is 11.5 Å². The fraction of sp³-hybridized carbons (Fsp3) is 0.462. The molecule has 0 unspecified atom stereocenters. The number of carbonyl (C=O) groups is 1. The largest absolute Gasteiger partial charge is 0.380 e. The van der Waals surface area contributed by atoms with Crippen LogP contribution in [0.15, 0.2) is 21.5 Å². The van der Waals surface area contributed by atoms with Gasteiger partial charge in [-0.25, -0.2) is 13.6 Å². The molecule has 0 saturated carbocycles. The minimum Gasteiger partial charge on any atom is -0.380 e. The highest BCUT2D eigenvalue weighted by Gasteiger charge is 2.20. The number of primary sulfonamides is 1. The summed E-state index contributed by atoms with van der Waals surface area (Å²) in [4.78, 5) is 13.8. The SMILES string of the molecule is CCOCCN(C)C(=O)c1cc(S(N)(=O)=O)cc(Br)c1C. The summed E-state index contributed by atoms with van der Waals surface area (Å²) >= 11 is 3.26. The maximum absolute atomic E-state index is 12.4. The number of amides is 1. The first-order valence-corrected chi connectivity index (χ1v) is 8.68. The molecular weight excluding hydrogens is 360 g/mol. The molecule has 0 atom stereocenters. The Morgan fingerprint density at radius 2 is 2.05 bits per heavy atom. The number of hydrogen-bond donors (Lipinski definition) is 1. The molecular formula is C13H19BrN2O4S. The Balaban J connectivity index is 3.11. The fourth-order valence-electron chi connectivity index (χ4n) is 1.69. The molecule has 21 heavy (non-hydrogen) atoms. The van der Waals surface area contributed by atoms with Gasteiger partial charge < -0.3 is 9.64 Å². The molecule has 0 heterocycles. The van der Waals surface area contributed by atoms with Gasteiger partial charge in [0.25, 0.3) is 5.91 Å². The number of carbonyl (C=O) groups excluding carboxylic acids is 1. The summed E-state index contributed by atoms with van der Waals surface area (Å²) in [5.74, 6) is -0.279. The van der Waals surface area contributed by atoms with Crippen LogP contribution in [0.5, 0.6) is 0 Å². The lowest BCUT2D eigenvalue weighted by Crippen LogP contribution is -2.31. The molecule has 118 valence electrons. The highest BCUT2D eigenvalue weighted by atomic mass is 79.9. The van der Waals surface area contributed by atoms with Crippen LogP contribution in [0.4, 0.5) is 0 Å². The molecule has 2 N–H and O–H groups in total. The number of benzene rings is 1. The number of likely N-dealkylation sites (N-methyl/N-ethyl adjacent to an activating group) is 1. The monoisotopic (exact) mass is 378 g/mol. The van der Waals surface area contributed by atoms with Gasteiger partial charge >= 0.3 is 0 Å². The maximum atomic E-state index is 12.4. The van der Waals surface area contributed by atoms with Crippen molar-refractivity contribution in [2.75, 3.05) is 26.8 Å². The number of hydrogen-bond acceptors (Lipinski definition) is 4. The van der Waals surface area contributed by atoms with E-state index in [1.807, 2.05) is 6.92 Å². The molecule has 6 nitrogen and oxygen atoms in total. The van der Waals surface area contributed by atoms with Gasteiger partial charge in [0, 0.05) is 30.2 Å². The molecule has 1 aromatic carbocycles. The Morgan fingerprint density at radius 1 is 1.43 bits per heavy atom. The van der Waals surface area contributed by atoms with Crippen LogP contribution in [-0.4, -0.2) is 46.0 Å². The smallest absolute Gasteiger partial charge is 0.254 e. The lowest BCUT2D eigenvalue weighted by Gasteiger charge is -2.19. The summed E-state index contributed by atoms with van der Waals surface area (Å²) < 4.78 is 28.7. The summed E-state index contributed by atoms with van der Waals surface area (Å²) in [5.41, 5.74) is 0.961. The van der Waals surface area contributed by atoms with Crippen molar-refractivity contribution >= 4 is 31.9 Å². The van der Waals surface area contributed by atoms with Gasteiger partial charge in [-0.3, -0.25) is 4.79 Å². The van der Waals surface area contributed by atoms with Crippen molar-refractivity contribution in [3.05, 3.63) is 27.7 Å². The molecule has 8 heteroatoms. The Kier molecular flexibility index (Phi) is 6.33. The van der Waals surface area contributed by atoms with Gasteiger partial charge in [-0.1, -0.05) is 15.9 Å². The lowest BCUT2D eigenvalue weighted by atomic mass is 10.1. The second kappa shape index (κ2) is 7.35. The molecule has 0 aliphatic heterocycles. The Hall–Kier alpha value is -0.960. The molecule has 1 rings (SSSR count). The van der Waals surface area contributed by atoms with E-state index in [0.717, 1.165) is 0 Å². The van der Waals surface area contributed by atoms with Crippen LogP contribution in [0.2, 0.25) is 0 Å². The predicted molar refractivity (Wildman–Crippen MR) is 83.7 cm³/mol. The molecule has 0 aliphatic carbocycles. The van der Waals surface area contributed by atoms with Crippen LogP contribution in [0.3, 0.4) is 0 Å². The van der Waals surface area contributed by atoms with Gasteiger partial charge in [-0.2, -0.15) is 0 Å². The topological polar surface area (TPSA) is 89.7 Å². The Morgan fingerprint density at radius 3 is 2.57 bits per heavy atom. The van der Waals surface area contributed by atoms with E-state index >= 15 is 0 Å². The van der Waals surface area contributed by atoms with Gasteiger partial charge in [-0.15, -0.1) is 0 Å². The van der Waals surface area contributed by atoms with Crippen molar-refractivity contribution in [2.45, 2.75) is 18.7 Å². The first-order valence-electron chi connectivity index (χ1n) is 6.34. The van der Waals surface area contributed by atoms with Gasteiger partial charge in [0.15, 0.2) is 0 Å². The standard InChI is InChI=1S/C13H19BrN2O4S/c1-4-20-6-5-16(3)13(17)11-7-10(21(15,18)19)8-12(14)9(11)2/h7-8H,4-6H2,1-3H3,(H2,15,18,19). The molecule has 0 aliphatic rings. The van der Waals surface area contributed by atoms with Gasteiger partial charge in [0.1, 0.15) is 0 Å². The van der Waals surface area contributed by atoms with Crippen LogP contribution in [-0.2, 0) is 14.8 Å². The number of ether oxygens (including phenoxy) is 1.